The SMILES string of the molecule is COc1c(Cl)cc(-c2nc3cc(NC(=O)C(F)(F)F)cc(C)c3o2)cc1Cl. The number of amides is 1. The molecule has 0 saturated carbocycles. The van der Waals surface area contributed by atoms with Crippen molar-refractivity contribution < 1.29 is 27.1 Å². The molecule has 0 unspecified atom stereocenters. The van der Waals surface area contributed by atoms with Crippen LogP contribution >= 0.6 is 23.2 Å². The number of fused-ring (bicyclic) bond motifs is 1. The smallest absolute Gasteiger partial charge is 0.471 e. The quantitative estimate of drug-likeness (QED) is 0.599. The molecule has 1 amide bonds. The van der Waals surface area contributed by atoms with Crippen LogP contribution < -0.4 is 10.1 Å². The fourth-order valence-corrected chi connectivity index (χ4v) is 3.12. The number of carbonyl (C=O) groups is 1. The molecular formula is C17H11Cl2F3N2O3. The summed E-state index contributed by atoms with van der Waals surface area (Å²) in [6.07, 6.45) is -4.99. The Morgan fingerprint density at radius 2 is 1.81 bits per heavy atom. The van der Waals surface area contributed by atoms with Crippen LogP contribution in [0.3, 0.4) is 0 Å². The number of oxazole rings is 1. The van der Waals surface area contributed by atoms with Gasteiger partial charge in [0.15, 0.2) is 11.3 Å². The molecule has 27 heavy (non-hydrogen) atoms. The first-order chi connectivity index (χ1) is 12.6. The molecule has 3 rings (SSSR count). The predicted octanol–water partition coefficient (Wildman–Crippen LogP) is 5.62. The zero-order chi connectivity index (χ0) is 19.9. The van der Waals surface area contributed by atoms with Crippen molar-refractivity contribution in [3.63, 3.8) is 0 Å². The number of anilines is 1. The van der Waals surface area contributed by atoms with E-state index in [9.17, 15) is 18.0 Å². The molecule has 2 aromatic carbocycles. The summed E-state index contributed by atoms with van der Waals surface area (Å²) in [5, 5.41) is 2.29. The second-order valence-corrected chi connectivity index (χ2v) is 6.40. The first-order valence-corrected chi connectivity index (χ1v) is 8.18. The average Bonchev–Trinajstić information content (AvgIpc) is 2.98. The molecule has 0 bridgehead atoms. The number of carbonyl (C=O) groups excluding carboxylic acids is 1. The third-order valence-corrected chi connectivity index (χ3v) is 4.20. The van der Waals surface area contributed by atoms with Crippen molar-refractivity contribution >= 4 is 45.9 Å². The Morgan fingerprint density at radius 1 is 1.19 bits per heavy atom. The van der Waals surface area contributed by atoms with Crippen LogP contribution in [0.5, 0.6) is 5.75 Å². The molecule has 0 saturated heterocycles. The van der Waals surface area contributed by atoms with Crippen molar-refractivity contribution in [3.05, 3.63) is 39.9 Å². The van der Waals surface area contributed by atoms with Gasteiger partial charge in [0.1, 0.15) is 5.52 Å². The normalized spacial score (nSPS) is 11.7. The van der Waals surface area contributed by atoms with E-state index < -0.39 is 12.1 Å². The number of benzene rings is 2. The molecule has 0 fully saturated rings. The summed E-state index contributed by atoms with van der Waals surface area (Å²) in [5.74, 6) is -1.61. The van der Waals surface area contributed by atoms with Crippen LogP contribution in [0, 0.1) is 6.92 Å². The monoisotopic (exact) mass is 418 g/mol. The molecule has 1 aromatic heterocycles. The highest BCUT2D eigenvalue weighted by Gasteiger charge is 2.38. The molecule has 5 nitrogen and oxygen atoms in total. The van der Waals surface area contributed by atoms with Gasteiger partial charge in [0.05, 0.1) is 17.2 Å². The number of nitrogens with zero attached hydrogens (tertiary/aromatic N) is 1. The highest BCUT2D eigenvalue weighted by molar-refractivity contribution is 6.37. The van der Waals surface area contributed by atoms with E-state index in [4.69, 9.17) is 32.4 Å². The van der Waals surface area contributed by atoms with E-state index in [0.29, 0.717) is 22.5 Å². The fourth-order valence-electron chi connectivity index (χ4n) is 2.48. The highest BCUT2D eigenvalue weighted by atomic mass is 35.5. The van der Waals surface area contributed by atoms with E-state index in [-0.39, 0.29) is 27.1 Å². The minimum atomic E-state index is -4.99. The lowest BCUT2D eigenvalue weighted by atomic mass is 10.2. The summed E-state index contributed by atoms with van der Waals surface area (Å²) < 4.78 is 48.1. The van der Waals surface area contributed by atoms with Crippen LogP contribution in [-0.4, -0.2) is 24.2 Å². The molecule has 1 N–H and O–H groups in total. The maximum atomic E-state index is 12.4. The topological polar surface area (TPSA) is 64.4 Å². The predicted molar refractivity (Wildman–Crippen MR) is 95.4 cm³/mol. The van der Waals surface area contributed by atoms with E-state index in [1.54, 1.807) is 24.4 Å². The molecule has 142 valence electrons. The van der Waals surface area contributed by atoms with E-state index in [1.165, 1.54) is 19.2 Å². The second kappa shape index (κ2) is 6.94. The maximum absolute atomic E-state index is 12.4. The second-order valence-electron chi connectivity index (χ2n) is 5.59. The number of aryl methyl sites for hydroxylation is 1. The summed E-state index contributed by atoms with van der Waals surface area (Å²) in [5.41, 5.74) is 1.54. The molecule has 0 atom stereocenters. The van der Waals surface area contributed by atoms with E-state index in [1.807, 2.05) is 0 Å². The van der Waals surface area contributed by atoms with Crippen LogP contribution in [0.4, 0.5) is 18.9 Å². The fraction of sp³-hybridized carbons (Fsp3) is 0.176. The largest absolute Gasteiger partial charge is 0.494 e. The maximum Gasteiger partial charge on any atom is 0.471 e. The number of rotatable bonds is 3. The Morgan fingerprint density at radius 3 is 2.37 bits per heavy atom. The van der Waals surface area contributed by atoms with Crippen LogP contribution in [0.15, 0.2) is 28.7 Å². The van der Waals surface area contributed by atoms with Crippen LogP contribution in [0.25, 0.3) is 22.6 Å². The molecule has 0 spiro atoms. The van der Waals surface area contributed by atoms with Gasteiger partial charge in [-0.25, -0.2) is 4.98 Å². The van der Waals surface area contributed by atoms with Gasteiger partial charge in [-0.1, -0.05) is 23.2 Å². The van der Waals surface area contributed by atoms with Crippen molar-refractivity contribution in [1.29, 1.82) is 0 Å². The molecule has 3 aromatic rings. The number of ether oxygens (including phenoxy) is 1. The van der Waals surface area contributed by atoms with Crippen LogP contribution in [0.1, 0.15) is 5.56 Å². The van der Waals surface area contributed by atoms with Gasteiger partial charge in [0.2, 0.25) is 5.89 Å². The molecular weight excluding hydrogens is 408 g/mol. The minimum absolute atomic E-state index is 0.0482. The number of nitrogens with one attached hydrogen (secondary N) is 1. The highest BCUT2D eigenvalue weighted by Crippen LogP contribution is 2.38. The van der Waals surface area contributed by atoms with Gasteiger partial charge in [-0.3, -0.25) is 4.79 Å². The Kier molecular flexibility index (Phi) is 4.96. The Hall–Kier alpha value is -2.45. The summed E-state index contributed by atoms with van der Waals surface area (Å²) in [7, 11) is 1.42. The molecule has 1 heterocycles. The van der Waals surface area contributed by atoms with Gasteiger partial charge in [-0.2, -0.15) is 13.2 Å². The first-order valence-electron chi connectivity index (χ1n) is 7.43. The van der Waals surface area contributed by atoms with Gasteiger partial charge in [-0.05, 0) is 36.8 Å². The Balaban J connectivity index is 2.03. The molecule has 0 aliphatic carbocycles. The zero-order valence-corrected chi connectivity index (χ0v) is 15.4. The molecule has 0 aliphatic heterocycles. The molecule has 0 radical (unpaired) electrons. The number of hydrogen-bond acceptors (Lipinski definition) is 4. The van der Waals surface area contributed by atoms with Crippen LogP contribution in [-0.2, 0) is 4.79 Å². The lowest BCUT2D eigenvalue weighted by Crippen LogP contribution is -2.29. The summed E-state index contributed by atoms with van der Waals surface area (Å²) in [4.78, 5) is 15.4. The summed E-state index contributed by atoms with van der Waals surface area (Å²) >= 11 is 12.2. The van der Waals surface area contributed by atoms with Gasteiger partial charge < -0.3 is 14.5 Å². The van der Waals surface area contributed by atoms with E-state index >= 15 is 0 Å². The summed E-state index contributed by atoms with van der Waals surface area (Å²) in [6, 6.07) is 5.72. The van der Waals surface area contributed by atoms with Crippen molar-refractivity contribution in [1.82, 2.24) is 4.98 Å². The zero-order valence-electron chi connectivity index (χ0n) is 13.9. The van der Waals surface area contributed by atoms with Crippen molar-refractivity contribution in [2.75, 3.05) is 12.4 Å². The number of methoxy groups -OCH3 is 1. The number of aromatic nitrogens is 1. The van der Waals surface area contributed by atoms with Gasteiger partial charge >= 0.3 is 12.1 Å². The van der Waals surface area contributed by atoms with Gasteiger partial charge in [0, 0.05) is 11.3 Å². The lowest BCUT2D eigenvalue weighted by molar-refractivity contribution is -0.167. The molecule has 10 heteroatoms. The van der Waals surface area contributed by atoms with Crippen molar-refractivity contribution in [2.45, 2.75) is 13.1 Å². The number of hydrogen-bond donors (Lipinski definition) is 1. The minimum Gasteiger partial charge on any atom is -0.494 e. The lowest BCUT2D eigenvalue weighted by Gasteiger charge is -2.08. The Labute approximate surface area is 161 Å². The van der Waals surface area contributed by atoms with Crippen molar-refractivity contribution in [3.8, 4) is 17.2 Å². The van der Waals surface area contributed by atoms with Crippen LogP contribution in [0.2, 0.25) is 10.0 Å². The average molecular weight is 419 g/mol. The Bertz CT molecular complexity index is 1020. The van der Waals surface area contributed by atoms with E-state index in [0.717, 1.165) is 0 Å². The van der Waals surface area contributed by atoms with Gasteiger partial charge in [-0.15, -0.1) is 0 Å². The first kappa shape index (κ1) is 19.3. The van der Waals surface area contributed by atoms with Gasteiger partial charge in [0.25, 0.3) is 0 Å². The third kappa shape index (κ3) is 3.81. The standard InChI is InChI=1S/C17H11Cl2F3N2O3/c1-7-3-9(23-16(25)17(20,21)22)6-12-13(7)27-15(24-12)8-4-10(18)14(26-2)11(19)5-8/h3-6H,1-2H3,(H,23,25). The van der Waals surface area contributed by atoms with E-state index in [2.05, 4.69) is 4.98 Å². The third-order valence-electron chi connectivity index (χ3n) is 3.64. The molecule has 0 aliphatic rings. The summed E-state index contributed by atoms with van der Waals surface area (Å²) in [6.45, 7) is 1.62. The number of halogens is 5. The number of alkyl halides is 3. The van der Waals surface area contributed by atoms with Crippen molar-refractivity contribution in [2.24, 2.45) is 0 Å².